The van der Waals surface area contributed by atoms with Crippen molar-refractivity contribution in [2.45, 2.75) is 45.1 Å². The van der Waals surface area contributed by atoms with Crippen LogP contribution in [0.1, 0.15) is 38.2 Å². The van der Waals surface area contributed by atoms with Crippen LogP contribution in [0.3, 0.4) is 0 Å². The molecule has 2 rings (SSSR count). The molecule has 2 heteroatoms. The fraction of sp³-hybridized carbons (Fsp3) is 0.533. The Morgan fingerprint density at radius 3 is 2.65 bits per heavy atom. The van der Waals surface area contributed by atoms with Crippen LogP contribution < -0.4 is 5.32 Å². The first kappa shape index (κ1) is 12.0. The van der Waals surface area contributed by atoms with E-state index in [0.29, 0.717) is 5.92 Å². The lowest BCUT2D eigenvalue weighted by Gasteiger charge is -2.35. The van der Waals surface area contributed by atoms with Crippen molar-refractivity contribution in [1.29, 1.82) is 5.26 Å². The Labute approximate surface area is 104 Å². The van der Waals surface area contributed by atoms with Crippen molar-refractivity contribution in [3.05, 3.63) is 29.8 Å². The molecular formula is C15H20N2. The Kier molecular flexibility index (Phi) is 3.38. The fourth-order valence-electron chi connectivity index (χ4n) is 2.71. The summed E-state index contributed by atoms with van der Waals surface area (Å²) in [6, 6.07) is 10.8. The lowest BCUT2D eigenvalue weighted by atomic mass is 9.77. The molecule has 2 unspecified atom stereocenters. The van der Waals surface area contributed by atoms with E-state index in [1.807, 2.05) is 0 Å². The van der Waals surface area contributed by atoms with Gasteiger partial charge in [-0.25, -0.2) is 0 Å². The summed E-state index contributed by atoms with van der Waals surface area (Å²) >= 11 is 0. The molecule has 17 heavy (non-hydrogen) atoms. The van der Waals surface area contributed by atoms with Gasteiger partial charge in [-0.15, -0.1) is 0 Å². The van der Waals surface area contributed by atoms with Crippen molar-refractivity contribution in [2.75, 3.05) is 5.32 Å². The maximum Gasteiger partial charge on any atom is 0.125 e. The van der Waals surface area contributed by atoms with Gasteiger partial charge in [-0.05, 0) is 44.2 Å². The summed E-state index contributed by atoms with van der Waals surface area (Å²) in [5, 5.41) is 12.9. The molecule has 0 aliphatic heterocycles. The number of hydrogen-bond donors (Lipinski definition) is 1. The fourth-order valence-corrected chi connectivity index (χ4v) is 2.71. The summed E-state index contributed by atoms with van der Waals surface area (Å²) in [5.41, 5.74) is 1.96. The molecule has 0 amide bonds. The molecular weight excluding hydrogens is 208 g/mol. The molecule has 0 saturated heterocycles. The molecule has 1 aromatic rings. The van der Waals surface area contributed by atoms with Crippen LogP contribution in [-0.4, -0.2) is 5.54 Å². The lowest BCUT2D eigenvalue weighted by molar-refractivity contribution is 0.308. The second kappa shape index (κ2) is 4.79. The van der Waals surface area contributed by atoms with Crippen molar-refractivity contribution < 1.29 is 0 Å². The zero-order chi connectivity index (χ0) is 12.3. The topological polar surface area (TPSA) is 35.8 Å². The van der Waals surface area contributed by atoms with Gasteiger partial charge in [-0.3, -0.25) is 0 Å². The van der Waals surface area contributed by atoms with Gasteiger partial charge in [0.05, 0.1) is 6.07 Å². The summed E-state index contributed by atoms with van der Waals surface area (Å²) in [6.45, 7) is 4.31. The van der Waals surface area contributed by atoms with E-state index in [2.05, 4.69) is 49.5 Å². The number of nitrogens with zero attached hydrogens (tertiary/aromatic N) is 1. The zero-order valence-electron chi connectivity index (χ0n) is 10.7. The van der Waals surface area contributed by atoms with Crippen LogP contribution in [0.25, 0.3) is 0 Å². The second-order valence-electron chi connectivity index (χ2n) is 5.39. The molecule has 90 valence electrons. The van der Waals surface area contributed by atoms with Crippen LogP contribution in [0.2, 0.25) is 0 Å². The van der Waals surface area contributed by atoms with Crippen LogP contribution in [-0.2, 0) is 0 Å². The maximum atomic E-state index is 9.46. The van der Waals surface area contributed by atoms with E-state index >= 15 is 0 Å². The Morgan fingerprint density at radius 1 is 1.35 bits per heavy atom. The number of hydrogen-bond acceptors (Lipinski definition) is 2. The Morgan fingerprint density at radius 2 is 2.06 bits per heavy atom. The van der Waals surface area contributed by atoms with Gasteiger partial charge in [0.2, 0.25) is 0 Å². The summed E-state index contributed by atoms with van der Waals surface area (Å²) in [7, 11) is 0. The number of anilines is 1. The van der Waals surface area contributed by atoms with E-state index < -0.39 is 0 Å². The van der Waals surface area contributed by atoms with Crippen LogP contribution >= 0.6 is 0 Å². The molecule has 2 atom stereocenters. The number of nitriles is 1. The van der Waals surface area contributed by atoms with Gasteiger partial charge in [-0.1, -0.05) is 31.0 Å². The monoisotopic (exact) mass is 228 g/mol. The van der Waals surface area contributed by atoms with Crippen molar-refractivity contribution in [3.8, 4) is 6.07 Å². The third kappa shape index (κ3) is 2.79. The predicted molar refractivity (Wildman–Crippen MR) is 70.8 cm³/mol. The van der Waals surface area contributed by atoms with Crippen LogP contribution in [0.15, 0.2) is 24.3 Å². The molecule has 0 spiro atoms. The van der Waals surface area contributed by atoms with E-state index in [1.54, 1.807) is 0 Å². The van der Waals surface area contributed by atoms with Gasteiger partial charge in [0.15, 0.2) is 0 Å². The first-order valence-corrected chi connectivity index (χ1v) is 6.40. The molecule has 0 heterocycles. The van der Waals surface area contributed by atoms with Gasteiger partial charge < -0.3 is 5.32 Å². The van der Waals surface area contributed by atoms with Gasteiger partial charge in [0.1, 0.15) is 5.54 Å². The standard InChI is InChI=1S/C15H20N2/c1-12-5-7-14(8-6-12)17-15(11-16)9-3-4-13(2)10-15/h5-8,13,17H,3-4,9-10H2,1-2H3. The molecule has 1 saturated carbocycles. The number of benzene rings is 1. The number of rotatable bonds is 2. The number of aryl methyl sites for hydroxylation is 1. The molecule has 1 N–H and O–H groups in total. The van der Waals surface area contributed by atoms with Crippen molar-refractivity contribution in [1.82, 2.24) is 0 Å². The molecule has 0 bridgehead atoms. The first-order chi connectivity index (χ1) is 8.13. The summed E-state index contributed by atoms with van der Waals surface area (Å²) in [5.74, 6) is 0.640. The SMILES string of the molecule is Cc1ccc(NC2(C#N)CCCC(C)C2)cc1. The zero-order valence-corrected chi connectivity index (χ0v) is 10.7. The third-order valence-electron chi connectivity index (χ3n) is 3.65. The Balaban J connectivity index is 2.14. The molecule has 1 aliphatic rings. The van der Waals surface area contributed by atoms with Crippen LogP contribution in [0.5, 0.6) is 0 Å². The quantitative estimate of drug-likeness (QED) is 0.833. The highest BCUT2D eigenvalue weighted by Crippen LogP contribution is 2.34. The average molecular weight is 228 g/mol. The summed E-state index contributed by atoms with van der Waals surface area (Å²) in [6.07, 6.45) is 4.31. The Bertz CT molecular complexity index is 416. The van der Waals surface area contributed by atoms with Crippen molar-refractivity contribution in [3.63, 3.8) is 0 Å². The Hall–Kier alpha value is -1.49. The third-order valence-corrected chi connectivity index (χ3v) is 3.65. The van der Waals surface area contributed by atoms with Crippen molar-refractivity contribution in [2.24, 2.45) is 5.92 Å². The normalized spacial score (nSPS) is 28.4. The first-order valence-electron chi connectivity index (χ1n) is 6.40. The highest BCUT2D eigenvalue weighted by atomic mass is 15.0. The largest absolute Gasteiger partial charge is 0.367 e. The minimum Gasteiger partial charge on any atom is -0.367 e. The molecule has 0 radical (unpaired) electrons. The van der Waals surface area contributed by atoms with Crippen LogP contribution in [0.4, 0.5) is 5.69 Å². The summed E-state index contributed by atoms with van der Waals surface area (Å²) < 4.78 is 0. The summed E-state index contributed by atoms with van der Waals surface area (Å²) in [4.78, 5) is 0. The van der Waals surface area contributed by atoms with E-state index in [-0.39, 0.29) is 5.54 Å². The molecule has 2 nitrogen and oxygen atoms in total. The average Bonchev–Trinajstić information content (AvgIpc) is 2.32. The van der Waals surface area contributed by atoms with Gasteiger partial charge in [-0.2, -0.15) is 5.26 Å². The second-order valence-corrected chi connectivity index (χ2v) is 5.39. The van der Waals surface area contributed by atoms with E-state index in [9.17, 15) is 5.26 Å². The van der Waals surface area contributed by atoms with Crippen LogP contribution in [0, 0.1) is 24.2 Å². The highest BCUT2D eigenvalue weighted by molar-refractivity contribution is 5.49. The number of nitrogens with one attached hydrogen (secondary N) is 1. The van der Waals surface area contributed by atoms with E-state index in [0.717, 1.165) is 24.9 Å². The molecule has 1 fully saturated rings. The van der Waals surface area contributed by atoms with Crippen molar-refractivity contribution >= 4 is 5.69 Å². The predicted octanol–water partition coefficient (Wildman–Crippen LogP) is 3.88. The molecule has 0 aromatic heterocycles. The highest BCUT2D eigenvalue weighted by Gasteiger charge is 2.34. The maximum absolute atomic E-state index is 9.46. The molecule has 1 aliphatic carbocycles. The lowest BCUT2D eigenvalue weighted by Crippen LogP contribution is -2.41. The van der Waals surface area contributed by atoms with Gasteiger partial charge >= 0.3 is 0 Å². The minimum atomic E-state index is -0.354. The smallest absolute Gasteiger partial charge is 0.125 e. The van der Waals surface area contributed by atoms with Gasteiger partial charge in [0.25, 0.3) is 0 Å². The minimum absolute atomic E-state index is 0.354. The van der Waals surface area contributed by atoms with E-state index in [4.69, 9.17) is 0 Å². The van der Waals surface area contributed by atoms with E-state index in [1.165, 1.54) is 12.0 Å². The molecule has 1 aromatic carbocycles. The van der Waals surface area contributed by atoms with Gasteiger partial charge in [0, 0.05) is 5.69 Å².